The lowest BCUT2D eigenvalue weighted by Crippen LogP contribution is -2.52. The highest BCUT2D eigenvalue weighted by Gasteiger charge is 2.38. The van der Waals surface area contributed by atoms with Crippen LogP contribution in [-0.4, -0.2) is 49.2 Å². The Hall–Kier alpha value is -3.23. The Morgan fingerprint density at radius 2 is 1.96 bits per heavy atom. The van der Waals surface area contributed by atoms with E-state index in [1.165, 1.54) is 39.9 Å². The lowest BCUT2D eigenvalue weighted by Gasteiger charge is -2.36. The van der Waals surface area contributed by atoms with Gasteiger partial charge in [0.2, 0.25) is 0 Å². The second kappa shape index (κ2) is 6.95. The molecule has 9 heteroatoms. The molecule has 1 fully saturated rings. The Balaban J connectivity index is 1.83. The van der Waals surface area contributed by atoms with E-state index in [9.17, 15) is 24.8 Å². The zero-order chi connectivity index (χ0) is 18.8. The fourth-order valence-corrected chi connectivity index (χ4v) is 3.25. The van der Waals surface area contributed by atoms with Gasteiger partial charge in [-0.3, -0.25) is 14.9 Å². The number of non-ortho nitro benzene ring substituents is 1. The van der Waals surface area contributed by atoms with E-state index < -0.39 is 22.8 Å². The number of carbonyl (C=O) groups excluding carboxylic acids is 1. The topological polar surface area (TPSA) is 119 Å². The van der Waals surface area contributed by atoms with E-state index in [-0.39, 0.29) is 17.3 Å². The van der Waals surface area contributed by atoms with Gasteiger partial charge in [0.25, 0.3) is 11.6 Å². The molecule has 1 N–H and O–H groups in total. The van der Waals surface area contributed by atoms with Crippen molar-refractivity contribution in [2.45, 2.75) is 25.8 Å². The fraction of sp³-hybridized carbons (Fsp3) is 0.353. The molecule has 1 aromatic carbocycles. The third-order valence-electron chi connectivity index (χ3n) is 4.58. The van der Waals surface area contributed by atoms with E-state index in [4.69, 9.17) is 0 Å². The summed E-state index contributed by atoms with van der Waals surface area (Å²) in [6, 6.07) is 6.42. The summed E-state index contributed by atoms with van der Waals surface area (Å²) in [6.07, 6.45) is 3.08. The Morgan fingerprint density at radius 1 is 1.27 bits per heavy atom. The van der Waals surface area contributed by atoms with Crippen molar-refractivity contribution >= 4 is 17.6 Å². The summed E-state index contributed by atoms with van der Waals surface area (Å²) in [6.45, 7) is 2.21. The van der Waals surface area contributed by atoms with Crippen molar-refractivity contribution in [1.29, 1.82) is 0 Å². The van der Waals surface area contributed by atoms with Gasteiger partial charge < -0.3 is 10.0 Å². The second-order valence-electron chi connectivity index (χ2n) is 6.32. The first-order valence-corrected chi connectivity index (χ1v) is 8.23. The van der Waals surface area contributed by atoms with Gasteiger partial charge in [-0.1, -0.05) is 6.92 Å². The lowest BCUT2D eigenvalue weighted by molar-refractivity contribution is -0.384. The third kappa shape index (κ3) is 3.28. The summed E-state index contributed by atoms with van der Waals surface area (Å²) in [5, 5.41) is 24.4. The van der Waals surface area contributed by atoms with Crippen LogP contribution in [0.5, 0.6) is 0 Å². The van der Waals surface area contributed by atoms with Crippen LogP contribution in [0.25, 0.3) is 5.69 Å². The van der Waals surface area contributed by atoms with Gasteiger partial charge in [0, 0.05) is 24.9 Å². The van der Waals surface area contributed by atoms with Gasteiger partial charge in [0.15, 0.2) is 5.69 Å². The molecule has 2 atom stereocenters. The average molecular weight is 358 g/mol. The van der Waals surface area contributed by atoms with Gasteiger partial charge in [0.1, 0.15) is 6.04 Å². The summed E-state index contributed by atoms with van der Waals surface area (Å²) in [7, 11) is 0. The first-order chi connectivity index (χ1) is 12.4. The van der Waals surface area contributed by atoms with Crippen LogP contribution in [0.1, 0.15) is 30.3 Å². The van der Waals surface area contributed by atoms with Crippen molar-refractivity contribution in [3.63, 3.8) is 0 Å². The Labute approximate surface area is 149 Å². The number of carboxylic acid groups (broad SMARTS) is 1. The number of aliphatic carboxylic acids is 1. The quantitative estimate of drug-likeness (QED) is 0.660. The van der Waals surface area contributed by atoms with Crippen molar-refractivity contribution in [1.82, 2.24) is 14.7 Å². The molecule has 0 bridgehead atoms. The van der Waals surface area contributed by atoms with Gasteiger partial charge in [-0.2, -0.15) is 5.10 Å². The molecule has 2 unspecified atom stereocenters. The highest BCUT2D eigenvalue weighted by Crippen LogP contribution is 2.25. The number of nitro benzene ring substituents is 1. The molecule has 1 saturated heterocycles. The van der Waals surface area contributed by atoms with Crippen molar-refractivity contribution in [3.8, 4) is 5.69 Å². The maximum absolute atomic E-state index is 12.7. The predicted molar refractivity (Wildman–Crippen MR) is 91.1 cm³/mol. The molecule has 1 aliphatic rings. The first-order valence-electron chi connectivity index (χ1n) is 8.23. The number of carbonyl (C=O) groups is 2. The molecule has 2 heterocycles. The van der Waals surface area contributed by atoms with E-state index in [2.05, 4.69) is 5.10 Å². The van der Waals surface area contributed by atoms with Crippen LogP contribution in [0.3, 0.4) is 0 Å². The molecule has 1 aromatic heterocycles. The van der Waals surface area contributed by atoms with Gasteiger partial charge in [-0.25, -0.2) is 9.48 Å². The van der Waals surface area contributed by atoms with Gasteiger partial charge in [-0.15, -0.1) is 0 Å². The van der Waals surface area contributed by atoms with Crippen molar-refractivity contribution in [2.75, 3.05) is 6.54 Å². The fourth-order valence-electron chi connectivity index (χ4n) is 3.25. The number of amides is 1. The standard InChI is InChI=1S/C17H18N4O5/c1-11-3-2-9-19(15(11)17(23)24)16(22)14-8-10-20(18-14)12-4-6-13(7-5-12)21(25)26/h4-8,10-11,15H,2-3,9H2,1H3,(H,23,24). The number of carboxylic acids is 1. The predicted octanol–water partition coefficient (Wildman–Crippen LogP) is 2.11. The van der Waals surface area contributed by atoms with Crippen LogP contribution < -0.4 is 0 Å². The van der Waals surface area contributed by atoms with E-state index in [0.29, 0.717) is 12.2 Å². The molecule has 26 heavy (non-hydrogen) atoms. The zero-order valence-electron chi connectivity index (χ0n) is 14.1. The number of hydrogen-bond acceptors (Lipinski definition) is 5. The van der Waals surface area contributed by atoms with E-state index in [1.54, 1.807) is 6.20 Å². The summed E-state index contributed by atoms with van der Waals surface area (Å²) in [4.78, 5) is 35.9. The molecule has 9 nitrogen and oxygen atoms in total. The first kappa shape index (κ1) is 17.6. The van der Waals surface area contributed by atoms with Gasteiger partial charge >= 0.3 is 5.97 Å². The van der Waals surface area contributed by atoms with Crippen molar-refractivity contribution in [3.05, 3.63) is 52.3 Å². The number of rotatable bonds is 4. The molecule has 2 aromatic rings. The van der Waals surface area contributed by atoms with E-state index in [1.807, 2.05) is 6.92 Å². The highest BCUT2D eigenvalue weighted by atomic mass is 16.6. The number of nitro groups is 1. The Bertz CT molecular complexity index is 845. The maximum Gasteiger partial charge on any atom is 0.326 e. The smallest absolute Gasteiger partial charge is 0.326 e. The zero-order valence-corrected chi connectivity index (χ0v) is 14.1. The molecule has 0 radical (unpaired) electrons. The summed E-state index contributed by atoms with van der Waals surface area (Å²) < 4.78 is 1.43. The van der Waals surface area contributed by atoms with Crippen LogP contribution in [-0.2, 0) is 4.79 Å². The molecule has 1 amide bonds. The van der Waals surface area contributed by atoms with E-state index in [0.717, 1.165) is 12.8 Å². The van der Waals surface area contributed by atoms with Crippen molar-refractivity contribution < 1.29 is 19.6 Å². The van der Waals surface area contributed by atoms with Gasteiger partial charge in [-0.05, 0) is 37.0 Å². The number of hydrogen-bond donors (Lipinski definition) is 1. The molecule has 0 saturated carbocycles. The molecular weight excluding hydrogens is 340 g/mol. The number of benzene rings is 1. The average Bonchev–Trinajstić information content (AvgIpc) is 3.10. The van der Waals surface area contributed by atoms with Crippen LogP contribution in [0.4, 0.5) is 5.69 Å². The molecular formula is C17H18N4O5. The molecule has 0 spiro atoms. The monoisotopic (exact) mass is 358 g/mol. The second-order valence-corrected chi connectivity index (χ2v) is 6.32. The number of likely N-dealkylation sites (tertiary alicyclic amines) is 1. The minimum Gasteiger partial charge on any atom is -0.480 e. The molecule has 136 valence electrons. The highest BCUT2D eigenvalue weighted by molar-refractivity contribution is 5.95. The van der Waals surface area contributed by atoms with Gasteiger partial charge in [0.05, 0.1) is 10.6 Å². The lowest BCUT2D eigenvalue weighted by atomic mass is 9.90. The summed E-state index contributed by atoms with van der Waals surface area (Å²) in [5.41, 5.74) is 0.670. The Morgan fingerprint density at radius 3 is 2.58 bits per heavy atom. The Kier molecular flexibility index (Phi) is 4.70. The number of nitrogens with zero attached hydrogens (tertiary/aromatic N) is 4. The van der Waals surface area contributed by atoms with E-state index >= 15 is 0 Å². The van der Waals surface area contributed by atoms with Crippen LogP contribution >= 0.6 is 0 Å². The number of piperidine rings is 1. The minimum atomic E-state index is -1.01. The largest absolute Gasteiger partial charge is 0.480 e. The molecule has 1 aliphatic heterocycles. The number of aromatic nitrogens is 2. The van der Waals surface area contributed by atoms with Crippen LogP contribution in [0.2, 0.25) is 0 Å². The minimum absolute atomic E-state index is 0.0381. The molecule has 0 aliphatic carbocycles. The van der Waals surface area contributed by atoms with Crippen LogP contribution in [0.15, 0.2) is 36.5 Å². The normalized spacial score (nSPS) is 20.0. The summed E-state index contributed by atoms with van der Waals surface area (Å²) >= 11 is 0. The van der Waals surface area contributed by atoms with Crippen LogP contribution in [0, 0.1) is 16.0 Å². The molecule has 3 rings (SSSR count). The summed E-state index contributed by atoms with van der Waals surface area (Å²) in [5.74, 6) is -1.56. The SMILES string of the molecule is CC1CCCN(C(=O)c2ccn(-c3ccc([N+](=O)[O-])cc3)n2)C1C(=O)O. The third-order valence-corrected chi connectivity index (χ3v) is 4.58. The van der Waals surface area contributed by atoms with Crippen molar-refractivity contribution in [2.24, 2.45) is 5.92 Å². The maximum atomic E-state index is 12.7.